The van der Waals surface area contributed by atoms with E-state index in [1.807, 2.05) is 6.07 Å². The Labute approximate surface area is 126 Å². The Morgan fingerprint density at radius 2 is 2.33 bits per heavy atom. The summed E-state index contributed by atoms with van der Waals surface area (Å²) in [5.41, 5.74) is 3.14. The molecule has 1 saturated heterocycles. The van der Waals surface area contributed by atoms with E-state index in [-0.39, 0.29) is 18.1 Å². The molecule has 1 aromatic rings. The summed E-state index contributed by atoms with van der Waals surface area (Å²) in [5.74, 6) is 0.590. The highest BCUT2D eigenvalue weighted by atomic mass is 16.5. The lowest BCUT2D eigenvalue weighted by Gasteiger charge is -2.28. The molecule has 2 N–H and O–H groups in total. The third-order valence-electron chi connectivity index (χ3n) is 4.61. The lowest BCUT2D eigenvalue weighted by molar-refractivity contribution is 0.0611. The lowest BCUT2D eigenvalue weighted by Crippen LogP contribution is -2.36. The van der Waals surface area contributed by atoms with Gasteiger partial charge in [0, 0.05) is 18.7 Å². The van der Waals surface area contributed by atoms with Crippen molar-refractivity contribution < 1.29 is 9.53 Å². The molecule has 2 aliphatic rings. The largest absolute Gasteiger partial charge is 0.376 e. The molecule has 4 heteroatoms. The van der Waals surface area contributed by atoms with Crippen molar-refractivity contribution in [2.45, 2.75) is 38.8 Å². The van der Waals surface area contributed by atoms with Gasteiger partial charge in [-0.15, -0.1) is 0 Å². The Balaban J connectivity index is 1.92. The van der Waals surface area contributed by atoms with Crippen LogP contribution in [0.25, 0.3) is 0 Å². The second-order valence-electron chi connectivity index (χ2n) is 6.06. The van der Waals surface area contributed by atoms with Crippen LogP contribution in [0.5, 0.6) is 0 Å². The average molecular weight is 288 g/mol. The van der Waals surface area contributed by atoms with Gasteiger partial charge >= 0.3 is 0 Å². The predicted octanol–water partition coefficient (Wildman–Crippen LogP) is 2.05. The van der Waals surface area contributed by atoms with Crippen molar-refractivity contribution in [2.75, 3.05) is 19.7 Å². The Hall–Kier alpha value is -1.39. The summed E-state index contributed by atoms with van der Waals surface area (Å²) in [6.07, 6.45) is 2.22. The fourth-order valence-corrected chi connectivity index (χ4v) is 3.41. The van der Waals surface area contributed by atoms with Gasteiger partial charge in [-0.1, -0.05) is 26.0 Å². The van der Waals surface area contributed by atoms with E-state index in [1.54, 1.807) is 0 Å². The van der Waals surface area contributed by atoms with Crippen molar-refractivity contribution in [1.29, 1.82) is 0 Å². The molecule has 4 nitrogen and oxygen atoms in total. The third-order valence-corrected chi connectivity index (χ3v) is 4.61. The SMILES string of the molecule is CCNC(c1ccc2c(c1)C(=O)NCC2)C1OCCC1C. The van der Waals surface area contributed by atoms with Crippen LogP contribution in [0.2, 0.25) is 0 Å². The van der Waals surface area contributed by atoms with Crippen molar-refractivity contribution in [3.8, 4) is 0 Å². The number of ether oxygens (including phenoxy) is 1. The highest BCUT2D eigenvalue weighted by Gasteiger charge is 2.33. The Morgan fingerprint density at radius 3 is 3.05 bits per heavy atom. The molecule has 1 aromatic carbocycles. The molecule has 3 unspecified atom stereocenters. The Bertz CT molecular complexity index is 530. The van der Waals surface area contributed by atoms with Crippen molar-refractivity contribution in [1.82, 2.24) is 10.6 Å². The number of hydrogen-bond acceptors (Lipinski definition) is 3. The van der Waals surface area contributed by atoms with Crippen LogP contribution in [-0.2, 0) is 11.2 Å². The van der Waals surface area contributed by atoms with Gasteiger partial charge in [-0.05, 0) is 42.5 Å². The van der Waals surface area contributed by atoms with E-state index in [9.17, 15) is 4.79 Å². The summed E-state index contributed by atoms with van der Waals surface area (Å²) in [6.45, 7) is 6.81. The minimum Gasteiger partial charge on any atom is -0.376 e. The molecule has 0 aliphatic carbocycles. The number of benzene rings is 1. The number of carbonyl (C=O) groups excluding carboxylic acids is 1. The number of carbonyl (C=O) groups is 1. The number of likely N-dealkylation sites (N-methyl/N-ethyl adjacent to an activating group) is 1. The molecule has 2 aliphatic heterocycles. The van der Waals surface area contributed by atoms with Crippen molar-refractivity contribution in [3.63, 3.8) is 0 Å². The minimum absolute atomic E-state index is 0.0498. The average Bonchev–Trinajstić information content (AvgIpc) is 2.91. The van der Waals surface area contributed by atoms with Gasteiger partial charge in [0.2, 0.25) is 0 Å². The normalized spacial score (nSPS) is 26.3. The van der Waals surface area contributed by atoms with Crippen LogP contribution >= 0.6 is 0 Å². The number of amides is 1. The first kappa shape index (κ1) is 14.5. The molecule has 0 bridgehead atoms. The van der Waals surface area contributed by atoms with Crippen LogP contribution in [0.1, 0.15) is 47.8 Å². The molecule has 0 aromatic heterocycles. The summed E-state index contributed by atoms with van der Waals surface area (Å²) < 4.78 is 5.94. The quantitative estimate of drug-likeness (QED) is 0.891. The van der Waals surface area contributed by atoms with E-state index in [0.29, 0.717) is 5.92 Å². The zero-order valence-electron chi connectivity index (χ0n) is 12.8. The van der Waals surface area contributed by atoms with Crippen LogP contribution in [0.15, 0.2) is 18.2 Å². The molecule has 2 heterocycles. The molecule has 3 atom stereocenters. The molecule has 1 amide bonds. The van der Waals surface area contributed by atoms with Crippen molar-refractivity contribution in [3.05, 3.63) is 34.9 Å². The maximum atomic E-state index is 12.0. The molecule has 1 fully saturated rings. The maximum absolute atomic E-state index is 12.0. The second kappa shape index (κ2) is 6.16. The van der Waals surface area contributed by atoms with E-state index in [1.165, 1.54) is 0 Å². The molecule has 114 valence electrons. The first-order chi connectivity index (χ1) is 10.2. The molecule has 0 radical (unpaired) electrons. The Morgan fingerprint density at radius 1 is 1.48 bits per heavy atom. The highest BCUT2D eigenvalue weighted by molar-refractivity contribution is 5.96. The first-order valence-corrected chi connectivity index (χ1v) is 7.96. The van der Waals surface area contributed by atoms with Gasteiger partial charge < -0.3 is 15.4 Å². The zero-order valence-corrected chi connectivity index (χ0v) is 12.8. The molecule has 0 saturated carbocycles. The monoisotopic (exact) mass is 288 g/mol. The smallest absolute Gasteiger partial charge is 0.251 e. The van der Waals surface area contributed by atoms with E-state index >= 15 is 0 Å². The molecular formula is C17H24N2O2. The summed E-state index contributed by atoms with van der Waals surface area (Å²) >= 11 is 0. The predicted molar refractivity (Wildman–Crippen MR) is 82.4 cm³/mol. The van der Waals surface area contributed by atoms with Gasteiger partial charge in [-0.2, -0.15) is 0 Å². The number of nitrogens with one attached hydrogen (secondary N) is 2. The summed E-state index contributed by atoms with van der Waals surface area (Å²) in [5, 5.41) is 6.46. The number of hydrogen-bond donors (Lipinski definition) is 2. The van der Waals surface area contributed by atoms with E-state index in [0.717, 1.165) is 49.2 Å². The summed E-state index contributed by atoms with van der Waals surface area (Å²) in [4.78, 5) is 12.0. The standard InChI is InChI=1S/C17H24N2O2/c1-3-18-15(16-11(2)7-9-21-16)13-5-4-12-6-8-19-17(20)14(12)10-13/h4-5,10-11,15-16,18H,3,6-9H2,1-2H3,(H,19,20). The maximum Gasteiger partial charge on any atom is 0.251 e. The van der Waals surface area contributed by atoms with Crippen LogP contribution in [-0.4, -0.2) is 31.7 Å². The van der Waals surface area contributed by atoms with Gasteiger partial charge in [0.15, 0.2) is 0 Å². The molecule has 0 spiro atoms. The van der Waals surface area contributed by atoms with E-state index in [4.69, 9.17) is 4.74 Å². The van der Waals surface area contributed by atoms with Gasteiger partial charge in [0.05, 0.1) is 12.1 Å². The highest BCUT2D eigenvalue weighted by Crippen LogP contribution is 2.32. The topological polar surface area (TPSA) is 50.4 Å². The zero-order chi connectivity index (χ0) is 14.8. The van der Waals surface area contributed by atoms with Crippen molar-refractivity contribution >= 4 is 5.91 Å². The van der Waals surface area contributed by atoms with E-state index in [2.05, 4.69) is 36.6 Å². The minimum atomic E-state index is 0.0498. The van der Waals surface area contributed by atoms with Crippen LogP contribution in [0.3, 0.4) is 0 Å². The molecule has 21 heavy (non-hydrogen) atoms. The van der Waals surface area contributed by atoms with Gasteiger partial charge in [0.25, 0.3) is 5.91 Å². The van der Waals surface area contributed by atoms with Crippen LogP contribution in [0, 0.1) is 5.92 Å². The number of fused-ring (bicyclic) bond motifs is 1. The van der Waals surface area contributed by atoms with Gasteiger partial charge in [-0.25, -0.2) is 0 Å². The van der Waals surface area contributed by atoms with Gasteiger partial charge in [-0.3, -0.25) is 4.79 Å². The van der Waals surface area contributed by atoms with Crippen LogP contribution < -0.4 is 10.6 Å². The van der Waals surface area contributed by atoms with Crippen molar-refractivity contribution in [2.24, 2.45) is 5.92 Å². The molecular weight excluding hydrogens is 264 g/mol. The third kappa shape index (κ3) is 2.83. The van der Waals surface area contributed by atoms with Crippen LogP contribution in [0.4, 0.5) is 0 Å². The first-order valence-electron chi connectivity index (χ1n) is 7.96. The fourth-order valence-electron chi connectivity index (χ4n) is 3.41. The molecule has 3 rings (SSSR count). The number of rotatable bonds is 4. The summed E-state index contributed by atoms with van der Waals surface area (Å²) in [7, 11) is 0. The summed E-state index contributed by atoms with van der Waals surface area (Å²) in [6, 6.07) is 6.46. The second-order valence-corrected chi connectivity index (χ2v) is 6.06. The van der Waals surface area contributed by atoms with Gasteiger partial charge in [0.1, 0.15) is 0 Å². The lowest BCUT2D eigenvalue weighted by atomic mass is 9.89. The fraction of sp³-hybridized carbons (Fsp3) is 0.588. The van der Waals surface area contributed by atoms with E-state index < -0.39 is 0 Å². The Kier molecular flexibility index (Phi) is 4.27.